The van der Waals surface area contributed by atoms with E-state index in [4.69, 9.17) is 11.6 Å². The molecule has 2 rings (SSSR count). The Kier molecular flexibility index (Phi) is 2.37. The highest BCUT2D eigenvalue weighted by Crippen LogP contribution is 2.20. The fourth-order valence-electron chi connectivity index (χ4n) is 1.04. The van der Waals surface area contributed by atoms with Crippen molar-refractivity contribution in [3.63, 3.8) is 0 Å². The minimum atomic E-state index is -0.453. The summed E-state index contributed by atoms with van der Waals surface area (Å²) in [5, 5.41) is 7.53. The van der Waals surface area contributed by atoms with Crippen molar-refractivity contribution < 1.29 is 4.39 Å². The molecule has 0 spiro atoms. The van der Waals surface area contributed by atoms with Crippen molar-refractivity contribution in [2.45, 2.75) is 0 Å². The molecule has 0 bridgehead atoms. The summed E-state index contributed by atoms with van der Waals surface area (Å²) in [6.45, 7) is 0. The van der Waals surface area contributed by atoms with Crippen LogP contribution in [0.3, 0.4) is 0 Å². The second kappa shape index (κ2) is 3.67. The molecular weight excluding hydrogens is 205 g/mol. The van der Waals surface area contributed by atoms with Gasteiger partial charge in [0.1, 0.15) is 11.0 Å². The van der Waals surface area contributed by atoms with Crippen LogP contribution in [0.5, 0.6) is 0 Å². The van der Waals surface area contributed by atoms with Gasteiger partial charge in [0.25, 0.3) is 0 Å². The summed E-state index contributed by atoms with van der Waals surface area (Å²) in [5.41, 5.74) is 0.733. The summed E-state index contributed by atoms with van der Waals surface area (Å²) in [5.74, 6) is -0.453. The fourth-order valence-corrected chi connectivity index (χ4v) is 1.19. The summed E-state index contributed by atoms with van der Waals surface area (Å²) in [4.78, 5) is 3.77. The number of aromatic nitrogens is 3. The van der Waals surface area contributed by atoms with Gasteiger partial charge in [-0.25, -0.2) is 9.37 Å². The fraction of sp³-hybridized carbons (Fsp3) is 0. The van der Waals surface area contributed by atoms with Gasteiger partial charge in [-0.3, -0.25) is 0 Å². The summed E-state index contributed by atoms with van der Waals surface area (Å²) < 4.78 is 13.3. The Morgan fingerprint density at radius 2 is 2.21 bits per heavy atom. The normalized spacial score (nSPS) is 10.1. The molecule has 3 nitrogen and oxygen atoms in total. The van der Waals surface area contributed by atoms with Crippen LogP contribution in [0.2, 0.25) is 5.15 Å². The lowest BCUT2D eigenvalue weighted by atomic mass is 10.2. The third-order valence-corrected chi connectivity index (χ3v) is 1.88. The highest BCUT2D eigenvalue weighted by atomic mass is 35.5. The average Bonchev–Trinajstić information content (AvgIpc) is 2.19. The Bertz CT molecular complexity index is 447. The minimum Gasteiger partial charge on any atom is -0.244 e. The Hall–Kier alpha value is -1.55. The van der Waals surface area contributed by atoms with Gasteiger partial charge in [-0.05, 0) is 12.1 Å². The van der Waals surface area contributed by atoms with Crippen LogP contribution < -0.4 is 0 Å². The first-order valence-corrected chi connectivity index (χ1v) is 4.24. The molecule has 2 aromatic rings. The maximum atomic E-state index is 13.3. The third kappa shape index (κ3) is 1.70. The van der Waals surface area contributed by atoms with E-state index in [0.717, 1.165) is 6.07 Å². The molecule has 0 fully saturated rings. The lowest BCUT2D eigenvalue weighted by molar-refractivity contribution is 0.628. The summed E-state index contributed by atoms with van der Waals surface area (Å²) in [6, 6.07) is 4.48. The van der Waals surface area contributed by atoms with Crippen molar-refractivity contribution >= 4 is 11.6 Å². The lowest BCUT2D eigenvalue weighted by Crippen LogP contribution is -1.91. The molecule has 5 heteroatoms. The Morgan fingerprint density at radius 3 is 2.86 bits per heavy atom. The zero-order valence-electron chi connectivity index (χ0n) is 6.98. The van der Waals surface area contributed by atoms with E-state index in [1.165, 1.54) is 12.4 Å². The van der Waals surface area contributed by atoms with E-state index in [1.807, 2.05) is 0 Å². The smallest absolute Gasteiger partial charge is 0.137 e. The Morgan fingerprint density at radius 1 is 1.36 bits per heavy atom. The summed E-state index contributed by atoms with van der Waals surface area (Å²) in [6.07, 6.45) is 2.85. The highest BCUT2D eigenvalue weighted by Gasteiger charge is 2.07. The maximum absolute atomic E-state index is 13.3. The van der Waals surface area contributed by atoms with Gasteiger partial charge in [-0.15, -0.1) is 0 Å². The van der Waals surface area contributed by atoms with E-state index >= 15 is 0 Å². The predicted molar refractivity (Wildman–Crippen MR) is 50.2 cm³/mol. The Balaban J connectivity index is 2.53. The third-order valence-electron chi connectivity index (χ3n) is 1.67. The van der Waals surface area contributed by atoms with E-state index in [-0.39, 0.29) is 5.15 Å². The van der Waals surface area contributed by atoms with Crippen molar-refractivity contribution in [2.75, 3.05) is 0 Å². The van der Waals surface area contributed by atoms with Crippen LogP contribution in [-0.2, 0) is 0 Å². The van der Waals surface area contributed by atoms with E-state index < -0.39 is 5.82 Å². The molecule has 0 radical (unpaired) electrons. The molecule has 0 aliphatic rings. The van der Waals surface area contributed by atoms with E-state index in [0.29, 0.717) is 11.3 Å². The zero-order valence-corrected chi connectivity index (χ0v) is 7.74. The molecular formula is C9H5ClFN3. The van der Waals surface area contributed by atoms with Crippen LogP contribution in [-0.4, -0.2) is 15.2 Å². The van der Waals surface area contributed by atoms with E-state index in [9.17, 15) is 4.39 Å². The number of pyridine rings is 1. The molecule has 0 saturated carbocycles. The quantitative estimate of drug-likeness (QED) is 0.677. The van der Waals surface area contributed by atoms with Crippen LogP contribution in [0.25, 0.3) is 11.3 Å². The zero-order chi connectivity index (χ0) is 9.97. The number of nitrogens with zero attached hydrogens (tertiary/aromatic N) is 3. The van der Waals surface area contributed by atoms with Gasteiger partial charge in [0.2, 0.25) is 0 Å². The van der Waals surface area contributed by atoms with Crippen molar-refractivity contribution in [3.8, 4) is 11.3 Å². The summed E-state index contributed by atoms with van der Waals surface area (Å²) in [7, 11) is 0. The molecule has 14 heavy (non-hydrogen) atoms. The first-order valence-electron chi connectivity index (χ1n) is 3.86. The van der Waals surface area contributed by atoms with Gasteiger partial charge >= 0.3 is 0 Å². The molecule has 0 aliphatic heterocycles. The first-order chi connectivity index (χ1) is 6.77. The average molecular weight is 210 g/mol. The van der Waals surface area contributed by atoms with Crippen LogP contribution in [0, 0.1) is 5.82 Å². The van der Waals surface area contributed by atoms with Gasteiger partial charge in [0, 0.05) is 18.5 Å². The lowest BCUT2D eigenvalue weighted by Gasteiger charge is -2.00. The van der Waals surface area contributed by atoms with Gasteiger partial charge in [-0.2, -0.15) is 10.2 Å². The SMILES string of the molecule is Fc1cc(Cl)ncc1-c1cccnn1. The van der Waals surface area contributed by atoms with Crippen molar-refractivity contribution in [2.24, 2.45) is 0 Å². The number of hydrogen-bond donors (Lipinski definition) is 0. The van der Waals surface area contributed by atoms with Gasteiger partial charge in [-0.1, -0.05) is 11.6 Å². The molecule has 70 valence electrons. The second-order valence-electron chi connectivity index (χ2n) is 2.60. The molecule has 2 heterocycles. The molecule has 0 saturated heterocycles. The second-order valence-corrected chi connectivity index (χ2v) is 2.98. The molecule has 0 aromatic carbocycles. The van der Waals surface area contributed by atoms with Crippen LogP contribution in [0.15, 0.2) is 30.6 Å². The minimum absolute atomic E-state index is 0.121. The Labute approximate surface area is 84.6 Å². The topological polar surface area (TPSA) is 38.7 Å². The molecule has 0 unspecified atom stereocenters. The van der Waals surface area contributed by atoms with E-state index in [1.54, 1.807) is 12.1 Å². The predicted octanol–water partition coefficient (Wildman–Crippen LogP) is 2.33. The van der Waals surface area contributed by atoms with Crippen LogP contribution in [0.1, 0.15) is 0 Å². The van der Waals surface area contributed by atoms with Crippen LogP contribution >= 0.6 is 11.6 Å². The molecule has 0 N–H and O–H groups in total. The van der Waals surface area contributed by atoms with Crippen molar-refractivity contribution in [1.82, 2.24) is 15.2 Å². The molecule has 0 atom stereocenters. The highest BCUT2D eigenvalue weighted by molar-refractivity contribution is 6.29. The van der Waals surface area contributed by atoms with Crippen molar-refractivity contribution in [1.29, 1.82) is 0 Å². The molecule has 0 aliphatic carbocycles. The van der Waals surface area contributed by atoms with E-state index in [2.05, 4.69) is 15.2 Å². The van der Waals surface area contributed by atoms with Crippen molar-refractivity contribution in [3.05, 3.63) is 41.6 Å². The monoisotopic (exact) mass is 209 g/mol. The number of halogens is 2. The number of rotatable bonds is 1. The van der Waals surface area contributed by atoms with Gasteiger partial charge in [0.15, 0.2) is 0 Å². The van der Waals surface area contributed by atoms with Gasteiger partial charge < -0.3 is 0 Å². The standard InChI is InChI=1S/C9H5ClFN3/c10-9-4-7(11)6(5-12-9)8-2-1-3-13-14-8/h1-5H. The largest absolute Gasteiger partial charge is 0.244 e. The first kappa shape index (κ1) is 9.02. The molecule has 0 amide bonds. The summed E-state index contributed by atoms with van der Waals surface area (Å²) >= 11 is 5.52. The molecule has 2 aromatic heterocycles. The van der Waals surface area contributed by atoms with Gasteiger partial charge in [0.05, 0.1) is 11.3 Å². The maximum Gasteiger partial charge on any atom is 0.137 e. The van der Waals surface area contributed by atoms with Crippen LogP contribution in [0.4, 0.5) is 4.39 Å². The number of hydrogen-bond acceptors (Lipinski definition) is 3.